The monoisotopic (exact) mass is 525 g/mol. The molecule has 0 saturated carbocycles. The van der Waals surface area contributed by atoms with E-state index in [9.17, 15) is 41.9 Å². The molecular weight excluding hydrogens is 491 g/mol. The maximum Gasteiger partial charge on any atom is 0.471 e. The number of hydrogen-bond donors (Lipinski definition) is 5. The summed E-state index contributed by atoms with van der Waals surface area (Å²) in [6.07, 6.45) is -4.80. The van der Waals surface area contributed by atoms with Gasteiger partial charge in [0.2, 0.25) is 23.6 Å². The molecular formula is C21H34F3N5O7. The molecule has 36 heavy (non-hydrogen) atoms. The van der Waals surface area contributed by atoms with E-state index in [1.165, 1.54) is 20.8 Å². The number of carbonyl (C=O) groups excluding carboxylic acids is 6. The molecule has 4 atom stereocenters. The van der Waals surface area contributed by atoms with Crippen molar-refractivity contribution in [1.29, 1.82) is 0 Å². The molecule has 15 heteroatoms. The van der Waals surface area contributed by atoms with Gasteiger partial charge in [0.25, 0.3) is 0 Å². The lowest BCUT2D eigenvalue weighted by Crippen LogP contribution is -2.54. The highest BCUT2D eigenvalue weighted by Gasteiger charge is 2.38. The van der Waals surface area contributed by atoms with Gasteiger partial charge in [-0.05, 0) is 39.5 Å². The van der Waals surface area contributed by atoms with Gasteiger partial charge in [-0.2, -0.15) is 13.2 Å². The number of nitrogens with two attached hydrogens (primary N) is 1. The van der Waals surface area contributed by atoms with Gasteiger partial charge in [-0.3, -0.25) is 24.0 Å². The number of hydrogen-bond acceptors (Lipinski definition) is 7. The van der Waals surface area contributed by atoms with Crippen LogP contribution in [0.3, 0.4) is 0 Å². The van der Waals surface area contributed by atoms with Gasteiger partial charge in [0.05, 0.1) is 7.11 Å². The zero-order valence-corrected chi connectivity index (χ0v) is 20.6. The van der Waals surface area contributed by atoms with Crippen molar-refractivity contribution in [3.63, 3.8) is 0 Å². The maximum atomic E-state index is 12.7. The van der Waals surface area contributed by atoms with Gasteiger partial charge in [0.15, 0.2) is 0 Å². The van der Waals surface area contributed by atoms with E-state index in [2.05, 4.69) is 20.7 Å². The number of nitrogens with one attached hydrogen (secondary N) is 4. The number of amides is 5. The lowest BCUT2D eigenvalue weighted by molar-refractivity contribution is -0.173. The summed E-state index contributed by atoms with van der Waals surface area (Å²) in [5.41, 5.74) is 5.16. The van der Waals surface area contributed by atoms with Gasteiger partial charge in [0.1, 0.15) is 18.1 Å². The van der Waals surface area contributed by atoms with Gasteiger partial charge < -0.3 is 31.7 Å². The molecule has 0 aliphatic heterocycles. The number of unbranched alkanes of at least 4 members (excludes halogenated alkanes) is 1. The zero-order valence-electron chi connectivity index (χ0n) is 20.6. The van der Waals surface area contributed by atoms with Gasteiger partial charge in [-0.15, -0.1) is 0 Å². The third-order valence-corrected chi connectivity index (χ3v) is 5.07. The summed E-state index contributed by atoms with van der Waals surface area (Å²) in [7, 11) is 1.14. The van der Waals surface area contributed by atoms with Crippen LogP contribution in [0.25, 0.3) is 0 Å². The summed E-state index contributed by atoms with van der Waals surface area (Å²) < 4.78 is 41.2. The van der Waals surface area contributed by atoms with Crippen molar-refractivity contribution >= 4 is 35.5 Å². The summed E-state index contributed by atoms with van der Waals surface area (Å²) in [5.74, 6) is -6.00. The number of ether oxygens (including phenoxy) is 1. The number of methoxy groups -OCH3 is 1. The Labute approximate surface area is 206 Å². The van der Waals surface area contributed by atoms with E-state index in [0.717, 1.165) is 7.11 Å². The first-order valence-corrected chi connectivity index (χ1v) is 11.2. The molecule has 0 heterocycles. The first kappa shape index (κ1) is 32.6. The number of halogens is 3. The molecule has 0 aromatic heterocycles. The summed E-state index contributed by atoms with van der Waals surface area (Å²) in [5, 5.41) is 8.92. The van der Waals surface area contributed by atoms with Crippen molar-refractivity contribution in [3.05, 3.63) is 0 Å². The van der Waals surface area contributed by atoms with Crippen LogP contribution in [-0.4, -0.2) is 73.5 Å². The van der Waals surface area contributed by atoms with Crippen LogP contribution in [-0.2, 0) is 33.5 Å². The lowest BCUT2D eigenvalue weighted by Gasteiger charge is -2.22. The Morgan fingerprint density at radius 1 is 0.861 bits per heavy atom. The predicted octanol–water partition coefficient (Wildman–Crippen LogP) is -0.596. The van der Waals surface area contributed by atoms with Crippen LogP contribution in [0.15, 0.2) is 0 Å². The highest BCUT2D eigenvalue weighted by atomic mass is 19.4. The predicted molar refractivity (Wildman–Crippen MR) is 120 cm³/mol. The second kappa shape index (κ2) is 15.6. The average Bonchev–Trinajstić information content (AvgIpc) is 2.79. The molecule has 0 fully saturated rings. The molecule has 0 aromatic rings. The Hall–Kier alpha value is -3.39. The fourth-order valence-corrected chi connectivity index (χ4v) is 2.75. The molecule has 206 valence electrons. The van der Waals surface area contributed by atoms with Crippen LogP contribution < -0.4 is 27.0 Å². The Morgan fingerprint density at radius 3 is 1.97 bits per heavy atom. The molecule has 6 N–H and O–H groups in total. The van der Waals surface area contributed by atoms with Crippen LogP contribution in [0, 0.1) is 5.92 Å². The van der Waals surface area contributed by atoms with E-state index in [4.69, 9.17) is 5.73 Å². The highest BCUT2D eigenvalue weighted by Crippen LogP contribution is 2.14. The molecule has 0 spiro atoms. The molecule has 0 aliphatic rings. The van der Waals surface area contributed by atoms with Crippen molar-refractivity contribution in [2.24, 2.45) is 11.7 Å². The molecule has 0 saturated heterocycles. The number of esters is 1. The molecule has 0 unspecified atom stereocenters. The highest BCUT2D eigenvalue weighted by molar-refractivity contribution is 5.93. The Balaban J connectivity index is 5.05. The first-order chi connectivity index (χ1) is 16.6. The molecule has 12 nitrogen and oxygen atoms in total. The summed E-state index contributed by atoms with van der Waals surface area (Å²) in [4.78, 5) is 70.7. The van der Waals surface area contributed by atoms with E-state index in [1.54, 1.807) is 5.32 Å². The minimum atomic E-state index is -5.01. The van der Waals surface area contributed by atoms with Gasteiger partial charge in [-0.1, -0.05) is 6.92 Å². The molecule has 0 radical (unpaired) electrons. The SMILES string of the molecule is COC(=O)[C@@H](C)NC(=O)[C@@H](C)NC(=O)[C@H](CCCCNC(=O)C(F)(F)F)NC(=O)CC[C@@H](C)C(N)=O. The normalized spacial score (nSPS) is 14.4. The first-order valence-electron chi connectivity index (χ1n) is 11.2. The van der Waals surface area contributed by atoms with E-state index >= 15 is 0 Å². The number of alkyl halides is 3. The minimum Gasteiger partial charge on any atom is -0.467 e. The smallest absolute Gasteiger partial charge is 0.467 e. The summed E-state index contributed by atoms with van der Waals surface area (Å²) in [6.45, 7) is 3.95. The van der Waals surface area contributed by atoms with E-state index in [0.29, 0.717) is 0 Å². The number of rotatable bonds is 15. The van der Waals surface area contributed by atoms with Crippen LogP contribution in [0.2, 0.25) is 0 Å². The topological polar surface area (TPSA) is 186 Å². The summed E-state index contributed by atoms with van der Waals surface area (Å²) >= 11 is 0. The van der Waals surface area contributed by atoms with Crippen molar-refractivity contribution in [2.75, 3.05) is 13.7 Å². The van der Waals surface area contributed by atoms with Gasteiger partial charge >= 0.3 is 18.1 Å². The fraction of sp³-hybridized carbons (Fsp3) is 0.714. The third kappa shape index (κ3) is 12.9. The van der Waals surface area contributed by atoms with Crippen LogP contribution in [0.1, 0.15) is 52.9 Å². The number of carbonyl (C=O) groups is 6. The Morgan fingerprint density at radius 2 is 1.44 bits per heavy atom. The van der Waals surface area contributed by atoms with E-state index < -0.39 is 65.7 Å². The van der Waals surface area contributed by atoms with Crippen LogP contribution >= 0.6 is 0 Å². The third-order valence-electron chi connectivity index (χ3n) is 5.07. The standard InChI is InChI=1S/C21H34F3N5O7/c1-11(16(25)31)8-9-15(30)29-14(7-5-6-10-26-20(35)21(22,23)24)18(33)27-12(2)17(32)28-13(3)19(34)36-4/h11-14H,5-10H2,1-4H3,(H2,25,31)(H,26,35)(H,27,33)(H,28,32)(H,29,30)/t11-,12-,13-,14+/m1/s1. The average molecular weight is 526 g/mol. The zero-order chi connectivity index (χ0) is 28.1. The van der Waals surface area contributed by atoms with Crippen LogP contribution in [0.5, 0.6) is 0 Å². The summed E-state index contributed by atoms with van der Waals surface area (Å²) in [6, 6.07) is -3.24. The second-order valence-electron chi connectivity index (χ2n) is 8.20. The van der Waals surface area contributed by atoms with Gasteiger partial charge in [0, 0.05) is 18.9 Å². The van der Waals surface area contributed by atoms with Crippen molar-refractivity contribution in [1.82, 2.24) is 21.3 Å². The molecule has 0 aromatic carbocycles. The largest absolute Gasteiger partial charge is 0.471 e. The maximum absolute atomic E-state index is 12.7. The van der Waals surface area contributed by atoms with E-state index in [1.807, 2.05) is 0 Å². The molecule has 5 amide bonds. The lowest BCUT2D eigenvalue weighted by atomic mass is 10.0. The Kier molecular flexibility index (Phi) is 14.1. The fourth-order valence-electron chi connectivity index (χ4n) is 2.75. The Bertz CT molecular complexity index is 807. The second-order valence-corrected chi connectivity index (χ2v) is 8.20. The molecule has 0 aliphatic carbocycles. The van der Waals surface area contributed by atoms with Crippen molar-refractivity contribution in [2.45, 2.75) is 77.2 Å². The van der Waals surface area contributed by atoms with Crippen LogP contribution in [0.4, 0.5) is 13.2 Å². The quantitative estimate of drug-likeness (QED) is 0.140. The number of primary amides is 1. The van der Waals surface area contributed by atoms with Gasteiger partial charge in [-0.25, -0.2) is 4.79 Å². The minimum absolute atomic E-state index is 0.0161. The van der Waals surface area contributed by atoms with Crippen molar-refractivity contribution < 1.29 is 46.7 Å². The van der Waals surface area contributed by atoms with Crippen molar-refractivity contribution in [3.8, 4) is 0 Å². The van der Waals surface area contributed by atoms with E-state index in [-0.39, 0.29) is 38.6 Å². The molecule has 0 rings (SSSR count). The molecule has 0 bridgehead atoms.